The summed E-state index contributed by atoms with van der Waals surface area (Å²) in [6.07, 6.45) is 3.35. The quantitative estimate of drug-likeness (QED) is 0.761. The van der Waals surface area contributed by atoms with Crippen molar-refractivity contribution < 1.29 is 0 Å². The lowest BCUT2D eigenvalue weighted by molar-refractivity contribution is 0.406. The van der Waals surface area contributed by atoms with Gasteiger partial charge in [-0.2, -0.15) is 5.10 Å². The van der Waals surface area contributed by atoms with Crippen LogP contribution in [0.4, 0.5) is 0 Å². The Kier molecular flexibility index (Phi) is 4.04. The molecule has 0 amide bonds. The zero-order valence-corrected chi connectivity index (χ0v) is 12.2. The Morgan fingerprint density at radius 2 is 2.12 bits per heavy atom. The number of aryl methyl sites for hydroxylation is 2. The summed E-state index contributed by atoms with van der Waals surface area (Å²) in [7, 11) is 0. The summed E-state index contributed by atoms with van der Waals surface area (Å²) in [4.78, 5) is 0. The molecular weight excluding hydrogens is 255 g/mol. The highest BCUT2D eigenvalue weighted by atomic mass is 35.5. The van der Waals surface area contributed by atoms with Gasteiger partial charge in [-0.15, -0.1) is 11.6 Å². The molecule has 2 nitrogen and oxygen atoms in total. The second kappa shape index (κ2) is 5.19. The Morgan fingerprint density at radius 3 is 2.65 bits per heavy atom. The van der Waals surface area contributed by atoms with Crippen LogP contribution in [0.5, 0.6) is 0 Å². The molecule has 3 atom stereocenters. The van der Waals surface area contributed by atoms with E-state index in [-0.39, 0.29) is 0 Å². The standard InChI is InChI=1S/C13H20Cl2N2/c1-4-17-12(13(15)9(3)16-17)7-10-5-6-11(14)8(10)2/h8,10-11H,4-7H2,1-3H3. The van der Waals surface area contributed by atoms with Gasteiger partial charge < -0.3 is 0 Å². The predicted molar refractivity (Wildman–Crippen MR) is 72.9 cm³/mol. The lowest BCUT2D eigenvalue weighted by Crippen LogP contribution is -2.15. The number of hydrogen-bond acceptors (Lipinski definition) is 1. The SMILES string of the molecule is CCn1nc(C)c(Cl)c1CC1CCC(Cl)C1C. The Labute approximate surface area is 113 Å². The van der Waals surface area contributed by atoms with E-state index in [1.165, 1.54) is 12.1 Å². The Hall–Kier alpha value is -0.210. The van der Waals surface area contributed by atoms with Crippen LogP contribution in [-0.2, 0) is 13.0 Å². The molecule has 0 N–H and O–H groups in total. The Balaban J connectivity index is 2.18. The van der Waals surface area contributed by atoms with E-state index in [0.717, 1.165) is 30.1 Å². The maximum absolute atomic E-state index is 6.34. The molecule has 1 fully saturated rings. The van der Waals surface area contributed by atoms with Crippen LogP contribution in [0.25, 0.3) is 0 Å². The summed E-state index contributed by atoms with van der Waals surface area (Å²) < 4.78 is 2.03. The molecule has 0 bridgehead atoms. The van der Waals surface area contributed by atoms with E-state index in [1.54, 1.807) is 0 Å². The minimum absolute atomic E-state index is 0.331. The fourth-order valence-electron chi connectivity index (χ4n) is 2.79. The van der Waals surface area contributed by atoms with Crippen molar-refractivity contribution in [2.75, 3.05) is 0 Å². The monoisotopic (exact) mass is 274 g/mol. The lowest BCUT2D eigenvalue weighted by atomic mass is 9.93. The van der Waals surface area contributed by atoms with Crippen molar-refractivity contribution in [3.8, 4) is 0 Å². The molecule has 1 heterocycles. The summed E-state index contributed by atoms with van der Waals surface area (Å²) >= 11 is 12.6. The third kappa shape index (κ3) is 2.48. The molecule has 1 aromatic rings. The first-order valence-corrected chi connectivity index (χ1v) is 7.21. The van der Waals surface area contributed by atoms with Crippen molar-refractivity contribution >= 4 is 23.2 Å². The molecule has 0 aliphatic heterocycles. The second-order valence-electron chi connectivity index (χ2n) is 5.08. The molecule has 0 spiro atoms. The van der Waals surface area contributed by atoms with Crippen LogP contribution in [0.1, 0.15) is 38.1 Å². The first kappa shape index (κ1) is 13.2. The van der Waals surface area contributed by atoms with Gasteiger partial charge in [-0.25, -0.2) is 0 Å². The Morgan fingerprint density at radius 1 is 1.41 bits per heavy atom. The van der Waals surface area contributed by atoms with Crippen molar-refractivity contribution in [3.63, 3.8) is 0 Å². The zero-order valence-electron chi connectivity index (χ0n) is 10.7. The molecule has 3 unspecified atom stereocenters. The molecule has 1 saturated carbocycles. The van der Waals surface area contributed by atoms with E-state index in [9.17, 15) is 0 Å². The van der Waals surface area contributed by atoms with Crippen LogP contribution in [0.15, 0.2) is 0 Å². The van der Waals surface area contributed by atoms with Crippen molar-refractivity contribution in [1.29, 1.82) is 0 Å². The molecule has 0 aromatic carbocycles. The van der Waals surface area contributed by atoms with E-state index in [1.807, 2.05) is 11.6 Å². The Bertz CT molecular complexity index is 400. The molecule has 1 aliphatic rings. The average Bonchev–Trinajstić information content (AvgIpc) is 2.76. The van der Waals surface area contributed by atoms with E-state index >= 15 is 0 Å². The van der Waals surface area contributed by atoms with Gasteiger partial charge in [0.2, 0.25) is 0 Å². The molecule has 2 rings (SSSR count). The highest BCUT2D eigenvalue weighted by Crippen LogP contribution is 2.38. The third-order valence-electron chi connectivity index (χ3n) is 4.04. The molecule has 1 aliphatic carbocycles. The maximum Gasteiger partial charge on any atom is 0.0847 e. The summed E-state index contributed by atoms with van der Waals surface area (Å²) in [6, 6.07) is 0. The normalized spacial score (nSPS) is 28.9. The van der Waals surface area contributed by atoms with E-state index < -0.39 is 0 Å². The van der Waals surface area contributed by atoms with Gasteiger partial charge in [-0.1, -0.05) is 18.5 Å². The molecule has 0 radical (unpaired) electrons. The number of nitrogens with zero attached hydrogens (tertiary/aromatic N) is 2. The van der Waals surface area contributed by atoms with Crippen LogP contribution in [-0.4, -0.2) is 15.2 Å². The van der Waals surface area contributed by atoms with E-state index in [2.05, 4.69) is 18.9 Å². The van der Waals surface area contributed by atoms with Gasteiger partial charge in [0.25, 0.3) is 0 Å². The lowest BCUT2D eigenvalue weighted by Gasteiger charge is -2.17. The maximum atomic E-state index is 6.34. The summed E-state index contributed by atoms with van der Waals surface area (Å²) in [6.45, 7) is 7.21. The van der Waals surface area contributed by atoms with Gasteiger partial charge in [0, 0.05) is 11.9 Å². The zero-order chi connectivity index (χ0) is 12.6. The molecule has 96 valence electrons. The first-order valence-electron chi connectivity index (χ1n) is 6.40. The van der Waals surface area contributed by atoms with Crippen LogP contribution in [0, 0.1) is 18.8 Å². The van der Waals surface area contributed by atoms with Crippen LogP contribution >= 0.6 is 23.2 Å². The van der Waals surface area contributed by atoms with Crippen LogP contribution < -0.4 is 0 Å². The van der Waals surface area contributed by atoms with Crippen molar-refractivity contribution in [2.45, 2.75) is 52.0 Å². The van der Waals surface area contributed by atoms with E-state index in [0.29, 0.717) is 17.2 Å². The predicted octanol–water partition coefficient (Wildman–Crippen LogP) is 4.06. The van der Waals surface area contributed by atoms with Crippen LogP contribution in [0.3, 0.4) is 0 Å². The molecular formula is C13H20Cl2N2. The topological polar surface area (TPSA) is 17.8 Å². The highest BCUT2D eigenvalue weighted by molar-refractivity contribution is 6.31. The van der Waals surface area contributed by atoms with Crippen molar-refractivity contribution in [2.24, 2.45) is 11.8 Å². The highest BCUT2D eigenvalue weighted by Gasteiger charge is 2.32. The largest absolute Gasteiger partial charge is 0.268 e. The average molecular weight is 275 g/mol. The number of alkyl halides is 1. The number of halogens is 2. The minimum Gasteiger partial charge on any atom is -0.268 e. The third-order valence-corrected chi connectivity index (χ3v) is 5.14. The number of rotatable bonds is 3. The fourth-order valence-corrected chi connectivity index (χ4v) is 3.34. The molecule has 17 heavy (non-hydrogen) atoms. The molecule has 0 saturated heterocycles. The first-order chi connectivity index (χ1) is 8.04. The number of hydrogen-bond donors (Lipinski definition) is 0. The van der Waals surface area contributed by atoms with Crippen LogP contribution in [0.2, 0.25) is 5.02 Å². The van der Waals surface area contributed by atoms with Crippen molar-refractivity contribution in [1.82, 2.24) is 9.78 Å². The van der Waals surface area contributed by atoms with Gasteiger partial charge in [0.1, 0.15) is 0 Å². The van der Waals surface area contributed by atoms with Gasteiger partial charge in [0.15, 0.2) is 0 Å². The fraction of sp³-hybridized carbons (Fsp3) is 0.769. The van der Waals surface area contributed by atoms with Gasteiger partial charge in [-0.3, -0.25) is 4.68 Å². The van der Waals surface area contributed by atoms with Gasteiger partial charge in [0.05, 0.1) is 16.4 Å². The van der Waals surface area contributed by atoms with E-state index in [4.69, 9.17) is 23.2 Å². The van der Waals surface area contributed by atoms with Gasteiger partial charge in [-0.05, 0) is 44.9 Å². The summed E-state index contributed by atoms with van der Waals surface area (Å²) in [5, 5.41) is 5.64. The minimum atomic E-state index is 0.331. The van der Waals surface area contributed by atoms with Gasteiger partial charge >= 0.3 is 0 Å². The summed E-state index contributed by atoms with van der Waals surface area (Å²) in [5.41, 5.74) is 2.13. The molecule has 1 aromatic heterocycles. The van der Waals surface area contributed by atoms with Crippen molar-refractivity contribution in [3.05, 3.63) is 16.4 Å². The smallest absolute Gasteiger partial charge is 0.0847 e. The second-order valence-corrected chi connectivity index (χ2v) is 6.02. The molecule has 4 heteroatoms. The summed E-state index contributed by atoms with van der Waals surface area (Å²) in [5.74, 6) is 1.23. The number of aromatic nitrogens is 2.